The molecule has 1 aromatic heterocycles. The van der Waals surface area contributed by atoms with Crippen LogP contribution in [0.1, 0.15) is 25.7 Å². The van der Waals surface area contributed by atoms with Crippen molar-refractivity contribution in [3.63, 3.8) is 0 Å². The first-order chi connectivity index (χ1) is 9.54. The van der Waals surface area contributed by atoms with Gasteiger partial charge in [-0.25, -0.2) is 13.1 Å². The molecular formula is C12H16BrNO4S2. The third kappa shape index (κ3) is 2.69. The molecular weight excluding hydrogens is 366 g/mol. The number of rotatable bonds is 3. The Hall–Kier alpha value is 0.01000. The highest BCUT2D eigenvalue weighted by Crippen LogP contribution is 2.37. The second kappa shape index (κ2) is 5.66. The van der Waals surface area contributed by atoms with Gasteiger partial charge in [-0.1, -0.05) is 6.42 Å². The minimum Gasteiger partial charge on any atom is -0.346 e. The minimum atomic E-state index is -3.55. The number of thiophene rings is 1. The molecule has 3 rings (SSSR count). The second-order valence-electron chi connectivity index (χ2n) is 4.98. The second-order valence-corrected chi connectivity index (χ2v) is 8.66. The van der Waals surface area contributed by atoms with Crippen molar-refractivity contribution in [1.82, 2.24) is 4.72 Å². The largest absolute Gasteiger partial charge is 0.346 e. The maximum Gasteiger partial charge on any atom is 0.251 e. The zero-order valence-electron chi connectivity index (χ0n) is 10.8. The molecule has 2 fully saturated rings. The number of ether oxygens (including phenoxy) is 2. The van der Waals surface area contributed by atoms with Crippen LogP contribution in [0.4, 0.5) is 0 Å². The molecule has 1 aliphatic heterocycles. The maximum absolute atomic E-state index is 12.5. The molecule has 0 bridgehead atoms. The van der Waals surface area contributed by atoms with E-state index in [-0.39, 0.29) is 6.04 Å². The molecule has 0 radical (unpaired) electrons. The van der Waals surface area contributed by atoms with Crippen LogP contribution in [0.3, 0.4) is 0 Å². The highest BCUT2D eigenvalue weighted by Gasteiger charge is 2.47. The van der Waals surface area contributed by atoms with Crippen LogP contribution in [0.25, 0.3) is 0 Å². The smallest absolute Gasteiger partial charge is 0.251 e. The highest BCUT2D eigenvalue weighted by molar-refractivity contribution is 9.10. The van der Waals surface area contributed by atoms with Crippen molar-refractivity contribution >= 4 is 37.3 Å². The van der Waals surface area contributed by atoms with Gasteiger partial charge in [0.1, 0.15) is 4.21 Å². The van der Waals surface area contributed by atoms with Crippen LogP contribution >= 0.6 is 27.3 Å². The molecule has 112 valence electrons. The van der Waals surface area contributed by atoms with Crippen LogP contribution in [0.2, 0.25) is 0 Å². The predicted molar refractivity (Wildman–Crippen MR) is 79.2 cm³/mol. The Balaban J connectivity index is 1.84. The summed E-state index contributed by atoms with van der Waals surface area (Å²) in [5, 5.41) is 1.75. The van der Waals surface area contributed by atoms with Crippen LogP contribution in [0.5, 0.6) is 0 Å². The van der Waals surface area contributed by atoms with E-state index in [2.05, 4.69) is 20.7 Å². The third-order valence-corrected chi connectivity index (χ3v) is 7.84. The summed E-state index contributed by atoms with van der Waals surface area (Å²) in [7, 11) is -3.55. The van der Waals surface area contributed by atoms with Gasteiger partial charge in [0.05, 0.1) is 19.3 Å². The van der Waals surface area contributed by atoms with E-state index in [0.717, 1.165) is 25.7 Å². The summed E-state index contributed by atoms with van der Waals surface area (Å²) in [6, 6.07) is 1.41. The molecule has 20 heavy (non-hydrogen) atoms. The van der Waals surface area contributed by atoms with Crippen molar-refractivity contribution in [3.8, 4) is 0 Å². The van der Waals surface area contributed by atoms with E-state index < -0.39 is 15.8 Å². The Morgan fingerprint density at radius 3 is 2.75 bits per heavy atom. The fourth-order valence-electron chi connectivity index (χ4n) is 2.79. The third-order valence-electron chi connectivity index (χ3n) is 3.70. The average Bonchev–Trinajstić information content (AvgIpc) is 3.02. The normalized spacial score (nSPS) is 26.1. The summed E-state index contributed by atoms with van der Waals surface area (Å²) in [5.41, 5.74) is 0. The molecule has 1 aliphatic carbocycles. The van der Waals surface area contributed by atoms with Crippen molar-refractivity contribution in [3.05, 3.63) is 15.9 Å². The fraction of sp³-hybridized carbons (Fsp3) is 0.667. The SMILES string of the molecule is O=S(=O)(N[C@@H]1CCCCC12OCCO2)c1sccc1Br. The molecule has 1 saturated carbocycles. The lowest BCUT2D eigenvalue weighted by molar-refractivity contribution is -0.191. The van der Waals surface area contributed by atoms with Crippen LogP contribution < -0.4 is 4.72 Å². The Kier molecular flexibility index (Phi) is 4.22. The van der Waals surface area contributed by atoms with Gasteiger partial charge >= 0.3 is 0 Å². The zero-order chi connectivity index (χ0) is 14.2. The minimum absolute atomic E-state index is 0.302. The lowest BCUT2D eigenvalue weighted by atomic mass is 9.90. The van der Waals surface area contributed by atoms with E-state index >= 15 is 0 Å². The van der Waals surface area contributed by atoms with Crippen molar-refractivity contribution < 1.29 is 17.9 Å². The monoisotopic (exact) mass is 381 g/mol. The predicted octanol–water partition coefficient (Wildman–Crippen LogP) is 2.47. The average molecular weight is 382 g/mol. The summed E-state index contributed by atoms with van der Waals surface area (Å²) in [4.78, 5) is 0. The molecule has 1 aromatic rings. The molecule has 1 atom stereocenters. The topological polar surface area (TPSA) is 64.6 Å². The highest BCUT2D eigenvalue weighted by atomic mass is 79.9. The number of hydrogen-bond donors (Lipinski definition) is 1. The van der Waals surface area contributed by atoms with Gasteiger partial charge in [-0.2, -0.15) is 0 Å². The first kappa shape index (κ1) is 14.9. The van der Waals surface area contributed by atoms with Crippen LogP contribution in [-0.4, -0.2) is 33.5 Å². The Morgan fingerprint density at radius 2 is 2.10 bits per heavy atom. The van der Waals surface area contributed by atoms with E-state index in [9.17, 15) is 8.42 Å². The molecule has 0 amide bonds. The Labute approximate surface area is 130 Å². The van der Waals surface area contributed by atoms with E-state index in [1.54, 1.807) is 11.4 Å². The molecule has 1 N–H and O–H groups in total. The van der Waals surface area contributed by atoms with Crippen LogP contribution in [0, 0.1) is 0 Å². The van der Waals surface area contributed by atoms with Crippen LogP contribution in [-0.2, 0) is 19.5 Å². The molecule has 2 aliphatic rings. The molecule has 2 heterocycles. The lowest BCUT2D eigenvalue weighted by Gasteiger charge is -2.39. The number of nitrogens with one attached hydrogen (secondary N) is 1. The molecule has 1 spiro atoms. The summed E-state index contributed by atoms with van der Waals surface area (Å²) >= 11 is 4.47. The molecule has 5 nitrogen and oxygen atoms in total. The van der Waals surface area contributed by atoms with Gasteiger partial charge in [-0.15, -0.1) is 11.3 Å². The number of sulfonamides is 1. The van der Waals surface area contributed by atoms with Crippen molar-refractivity contribution in [2.24, 2.45) is 0 Å². The molecule has 8 heteroatoms. The Bertz CT molecular complexity index is 580. The summed E-state index contributed by atoms with van der Waals surface area (Å²) < 4.78 is 40.1. The lowest BCUT2D eigenvalue weighted by Crippen LogP contribution is -2.55. The van der Waals surface area contributed by atoms with Gasteiger partial charge in [-0.05, 0) is 40.2 Å². The molecule has 1 saturated heterocycles. The van der Waals surface area contributed by atoms with Crippen LogP contribution in [0.15, 0.2) is 20.1 Å². The van der Waals surface area contributed by atoms with E-state index in [4.69, 9.17) is 9.47 Å². The van der Waals surface area contributed by atoms with Gasteiger partial charge < -0.3 is 9.47 Å². The fourth-order valence-corrected chi connectivity index (χ4v) is 6.45. The summed E-state index contributed by atoms with van der Waals surface area (Å²) in [6.07, 6.45) is 3.46. The van der Waals surface area contributed by atoms with Crippen molar-refractivity contribution in [1.29, 1.82) is 0 Å². The first-order valence-electron chi connectivity index (χ1n) is 6.57. The van der Waals surface area contributed by atoms with E-state index in [1.165, 1.54) is 11.3 Å². The molecule has 0 aromatic carbocycles. The standard InChI is InChI=1S/C12H16BrNO4S2/c13-9-4-8-19-11(9)20(15,16)14-10-3-1-2-5-12(10)17-6-7-18-12/h4,8,10,14H,1-3,5-7H2/t10-/m1/s1. The maximum atomic E-state index is 12.5. The zero-order valence-corrected chi connectivity index (χ0v) is 14.0. The van der Waals surface area contributed by atoms with Gasteiger partial charge in [-0.3, -0.25) is 0 Å². The van der Waals surface area contributed by atoms with Crippen molar-refractivity contribution in [2.75, 3.05) is 13.2 Å². The Morgan fingerprint density at radius 1 is 1.35 bits per heavy atom. The van der Waals surface area contributed by atoms with E-state index in [0.29, 0.717) is 21.9 Å². The summed E-state index contributed by atoms with van der Waals surface area (Å²) in [6.45, 7) is 1.06. The van der Waals surface area contributed by atoms with Gasteiger partial charge in [0.2, 0.25) is 0 Å². The van der Waals surface area contributed by atoms with Gasteiger partial charge in [0, 0.05) is 10.9 Å². The number of hydrogen-bond acceptors (Lipinski definition) is 5. The van der Waals surface area contributed by atoms with E-state index in [1.807, 2.05) is 0 Å². The number of halogens is 1. The van der Waals surface area contributed by atoms with Gasteiger partial charge in [0.15, 0.2) is 5.79 Å². The summed E-state index contributed by atoms with van der Waals surface area (Å²) in [5.74, 6) is -0.769. The van der Waals surface area contributed by atoms with Gasteiger partial charge in [0.25, 0.3) is 10.0 Å². The van der Waals surface area contributed by atoms with Crippen molar-refractivity contribution in [2.45, 2.75) is 41.7 Å². The first-order valence-corrected chi connectivity index (χ1v) is 9.72. The quantitative estimate of drug-likeness (QED) is 0.873. The molecule has 0 unspecified atom stereocenters.